The number of para-hydroxylation sites is 2. The highest BCUT2D eigenvalue weighted by atomic mass is 16.5. The van der Waals surface area contributed by atoms with Crippen LogP contribution in [-0.4, -0.2) is 57.2 Å². The second-order valence-corrected chi connectivity index (χ2v) is 6.22. The van der Waals surface area contributed by atoms with E-state index in [0.717, 1.165) is 5.69 Å². The van der Waals surface area contributed by atoms with Crippen LogP contribution in [0.3, 0.4) is 0 Å². The molecule has 150 valence electrons. The summed E-state index contributed by atoms with van der Waals surface area (Å²) in [6.07, 6.45) is 0. The van der Waals surface area contributed by atoms with Gasteiger partial charge in [-0.15, -0.1) is 0 Å². The molecule has 0 aliphatic heterocycles. The fraction of sp³-hybridized carbons (Fsp3) is 0.333. The molecule has 0 bridgehead atoms. The van der Waals surface area contributed by atoms with Gasteiger partial charge in [-0.2, -0.15) is 0 Å². The van der Waals surface area contributed by atoms with Gasteiger partial charge in [-0.1, -0.05) is 12.1 Å². The molecule has 0 saturated carbocycles. The number of carbonyl (C=O) groups excluding carboxylic acids is 2. The molecule has 2 amide bonds. The number of hydrogen-bond acceptors (Lipinski definition) is 5. The number of ether oxygens (including phenoxy) is 2. The van der Waals surface area contributed by atoms with Crippen molar-refractivity contribution >= 4 is 23.2 Å². The fourth-order valence-electron chi connectivity index (χ4n) is 2.42. The van der Waals surface area contributed by atoms with E-state index in [-0.39, 0.29) is 18.4 Å². The molecule has 0 spiro atoms. The van der Waals surface area contributed by atoms with E-state index < -0.39 is 0 Å². The Labute approximate surface area is 165 Å². The van der Waals surface area contributed by atoms with E-state index in [2.05, 4.69) is 10.6 Å². The van der Waals surface area contributed by atoms with Crippen molar-refractivity contribution in [2.24, 2.45) is 0 Å². The summed E-state index contributed by atoms with van der Waals surface area (Å²) < 4.78 is 10.9. The van der Waals surface area contributed by atoms with Gasteiger partial charge >= 0.3 is 0 Å². The Bertz CT molecular complexity index is 775. The first-order chi connectivity index (χ1) is 13.5. The molecule has 2 rings (SSSR count). The molecular weight excluding hydrogens is 358 g/mol. The molecule has 0 heterocycles. The molecule has 7 nitrogen and oxygen atoms in total. The Morgan fingerprint density at radius 2 is 1.71 bits per heavy atom. The summed E-state index contributed by atoms with van der Waals surface area (Å²) in [6, 6.07) is 14.3. The van der Waals surface area contributed by atoms with Gasteiger partial charge in [-0.3, -0.25) is 9.59 Å². The van der Waals surface area contributed by atoms with Crippen LogP contribution in [0.4, 0.5) is 11.4 Å². The Hall–Kier alpha value is -3.06. The van der Waals surface area contributed by atoms with Crippen LogP contribution >= 0.6 is 0 Å². The van der Waals surface area contributed by atoms with Crippen molar-refractivity contribution in [1.82, 2.24) is 4.90 Å². The van der Waals surface area contributed by atoms with Crippen LogP contribution in [-0.2, 0) is 9.53 Å². The first-order valence-electron chi connectivity index (χ1n) is 9.16. The van der Waals surface area contributed by atoms with Gasteiger partial charge in [-0.05, 0) is 43.3 Å². The van der Waals surface area contributed by atoms with Gasteiger partial charge in [0, 0.05) is 32.0 Å². The second-order valence-electron chi connectivity index (χ2n) is 6.22. The zero-order chi connectivity index (χ0) is 20.4. The van der Waals surface area contributed by atoms with Crippen LogP contribution in [0.2, 0.25) is 0 Å². The lowest BCUT2D eigenvalue weighted by molar-refractivity contribution is -0.114. The van der Waals surface area contributed by atoms with Crippen molar-refractivity contribution in [3.05, 3.63) is 54.1 Å². The molecule has 0 aliphatic rings. The van der Waals surface area contributed by atoms with Gasteiger partial charge in [-0.25, -0.2) is 0 Å². The number of nitrogens with one attached hydrogen (secondary N) is 2. The maximum absolute atomic E-state index is 12.3. The van der Waals surface area contributed by atoms with Gasteiger partial charge < -0.3 is 25.0 Å². The molecule has 0 fully saturated rings. The second kappa shape index (κ2) is 10.9. The minimum Gasteiger partial charge on any atom is -0.489 e. The van der Waals surface area contributed by atoms with Gasteiger partial charge in [0.15, 0.2) is 0 Å². The smallest absolute Gasteiger partial charge is 0.253 e. The van der Waals surface area contributed by atoms with Crippen molar-refractivity contribution in [3.8, 4) is 5.75 Å². The van der Waals surface area contributed by atoms with Crippen molar-refractivity contribution < 1.29 is 19.1 Å². The molecule has 0 aliphatic carbocycles. The number of carbonyl (C=O) groups is 2. The molecule has 2 aromatic carbocycles. The zero-order valence-corrected chi connectivity index (χ0v) is 16.5. The molecule has 2 aromatic rings. The first kappa shape index (κ1) is 21.2. The zero-order valence-electron chi connectivity index (χ0n) is 16.5. The number of amides is 2. The molecule has 28 heavy (non-hydrogen) atoms. The summed E-state index contributed by atoms with van der Waals surface area (Å²) in [5.74, 6) is 0.335. The van der Waals surface area contributed by atoms with E-state index in [0.29, 0.717) is 36.8 Å². The first-order valence-corrected chi connectivity index (χ1v) is 9.16. The van der Waals surface area contributed by atoms with Gasteiger partial charge in [0.2, 0.25) is 5.91 Å². The minimum absolute atomic E-state index is 0.0646. The maximum Gasteiger partial charge on any atom is 0.253 e. The third-order valence-electron chi connectivity index (χ3n) is 3.84. The average molecular weight is 385 g/mol. The summed E-state index contributed by atoms with van der Waals surface area (Å²) in [5.41, 5.74) is 1.96. The molecule has 7 heteroatoms. The number of nitrogens with zero attached hydrogens (tertiary/aromatic N) is 1. The summed E-state index contributed by atoms with van der Waals surface area (Å²) >= 11 is 0. The molecule has 0 saturated heterocycles. The number of hydrogen-bond donors (Lipinski definition) is 2. The number of rotatable bonds is 10. The van der Waals surface area contributed by atoms with Gasteiger partial charge in [0.25, 0.3) is 5.91 Å². The molecule has 0 aromatic heterocycles. The SMILES string of the molecule is CCOCCOc1ccccc1NC(=O)CNc1ccc(C(=O)N(C)C)cc1. The summed E-state index contributed by atoms with van der Waals surface area (Å²) in [5, 5.41) is 5.88. The van der Waals surface area contributed by atoms with Crippen molar-refractivity contribution in [2.75, 3.05) is 51.1 Å². The molecule has 0 radical (unpaired) electrons. The Morgan fingerprint density at radius 3 is 2.39 bits per heavy atom. The predicted octanol–water partition coefficient (Wildman–Crippen LogP) is 2.85. The largest absolute Gasteiger partial charge is 0.489 e. The van der Waals surface area contributed by atoms with E-state index >= 15 is 0 Å². The topological polar surface area (TPSA) is 79.9 Å². The van der Waals surface area contributed by atoms with E-state index in [1.807, 2.05) is 19.1 Å². The van der Waals surface area contributed by atoms with E-state index in [1.165, 1.54) is 4.90 Å². The number of anilines is 2. The van der Waals surface area contributed by atoms with Crippen LogP contribution in [0, 0.1) is 0 Å². The minimum atomic E-state index is -0.200. The lowest BCUT2D eigenvalue weighted by atomic mass is 10.2. The lowest BCUT2D eigenvalue weighted by Crippen LogP contribution is -2.23. The molecule has 0 atom stereocenters. The van der Waals surface area contributed by atoms with Crippen molar-refractivity contribution in [2.45, 2.75) is 6.92 Å². The third-order valence-corrected chi connectivity index (χ3v) is 3.84. The van der Waals surface area contributed by atoms with E-state index in [1.54, 1.807) is 50.5 Å². The van der Waals surface area contributed by atoms with Gasteiger partial charge in [0.1, 0.15) is 12.4 Å². The average Bonchev–Trinajstić information content (AvgIpc) is 2.70. The van der Waals surface area contributed by atoms with Gasteiger partial charge in [0.05, 0.1) is 18.8 Å². The quantitative estimate of drug-likeness (QED) is 0.615. The summed E-state index contributed by atoms with van der Waals surface area (Å²) in [6.45, 7) is 3.56. The van der Waals surface area contributed by atoms with Crippen LogP contribution in [0.15, 0.2) is 48.5 Å². The lowest BCUT2D eigenvalue weighted by Gasteiger charge is -2.13. The summed E-state index contributed by atoms with van der Waals surface area (Å²) in [4.78, 5) is 25.7. The highest BCUT2D eigenvalue weighted by Crippen LogP contribution is 2.23. The van der Waals surface area contributed by atoms with Crippen LogP contribution in [0.1, 0.15) is 17.3 Å². The molecule has 0 unspecified atom stereocenters. The maximum atomic E-state index is 12.3. The standard InChI is InChI=1S/C21H27N3O4/c1-4-27-13-14-28-19-8-6-5-7-18(19)23-20(25)15-22-17-11-9-16(10-12-17)21(26)24(2)3/h5-12,22H,4,13-15H2,1-3H3,(H,23,25). The Balaban J connectivity index is 1.86. The highest BCUT2D eigenvalue weighted by Gasteiger charge is 2.09. The number of benzene rings is 2. The van der Waals surface area contributed by atoms with Crippen LogP contribution < -0.4 is 15.4 Å². The van der Waals surface area contributed by atoms with E-state index in [9.17, 15) is 9.59 Å². The van der Waals surface area contributed by atoms with E-state index in [4.69, 9.17) is 9.47 Å². The molecule has 2 N–H and O–H groups in total. The van der Waals surface area contributed by atoms with Crippen LogP contribution in [0.5, 0.6) is 5.75 Å². The highest BCUT2D eigenvalue weighted by molar-refractivity contribution is 5.96. The predicted molar refractivity (Wildman–Crippen MR) is 110 cm³/mol. The monoisotopic (exact) mass is 385 g/mol. The Kier molecular flexibility index (Phi) is 8.30. The summed E-state index contributed by atoms with van der Waals surface area (Å²) in [7, 11) is 3.41. The Morgan fingerprint density at radius 1 is 1.00 bits per heavy atom. The van der Waals surface area contributed by atoms with Crippen LogP contribution in [0.25, 0.3) is 0 Å². The van der Waals surface area contributed by atoms with Crippen molar-refractivity contribution in [1.29, 1.82) is 0 Å². The fourth-order valence-corrected chi connectivity index (χ4v) is 2.42. The van der Waals surface area contributed by atoms with Crippen molar-refractivity contribution in [3.63, 3.8) is 0 Å². The molecular formula is C21H27N3O4. The third kappa shape index (κ3) is 6.59. The normalized spacial score (nSPS) is 10.2.